The van der Waals surface area contributed by atoms with Crippen LogP contribution in [-0.4, -0.2) is 30.6 Å². The van der Waals surface area contributed by atoms with Gasteiger partial charge in [-0.3, -0.25) is 0 Å². The molecule has 1 saturated heterocycles. The molecular formula is C9H19ClN2. The highest BCUT2D eigenvalue weighted by Gasteiger charge is 2.25. The van der Waals surface area contributed by atoms with Gasteiger partial charge in [0.15, 0.2) is 0 Å². The minimum atomic E-state index is 0. The second-order valence-electron chi connectivity index (χ2n) is 4.08. The van der Waals surface area contributed by atoms with Crippen molar-refractivity contribution in [2.45, 2.75) is 31.7 Å². The molecule has 2 nitrogen and oxygen atoms in total. The summed E-state index contributed by atoms with van der Waals surface area (Å²) in [4.78, 5) is 2.58. The summed E-state index contributed by atoms with van der Waals surface area (Å²) in [7, 11) is 0. The third kappa shape index (κ3) is 2.92. The van der Waals surface area contributed by atoms with Crippen LogP contribution in [0, 0.1) is 5.92 Å². The molecule has 0 radical (unpaired) electrons. The topological polar surface area (TPSA) is 29.3 Å². The first kappa shape index (κ1) is 10.3. The van der Waals surface area contributed by atoms with Gasteiger partial charge in [0, 0.05) is 12.6 Å². The summed E-state index contributed by atoms with van der Waals surface area (Å²) in [5.41, 5.74) is 5.82. The Balaban J connectivity index is 0.000000720. The van der Waals surface area contributed by atoms with Gasteiger partial charge in [-0.25, -0.2) is 0 Å². The predicted octanol–water partition coefficient (Wildman–Crippen LogP) is 1.24. The monoisotopic (exact) mass is 190 g/mol. The molecule has 1 aliphatic heterocycles. The molecule has 0 atom stereocenters. The van der Waals surface area contributed by atoms with Gasteiger partial charge in [-0.15, -0.1) is 12.4 Å². The van der Waals surface area contributed by atoms with Gasteiger partial charge in [0.25, 0.3) is 0 Å². The molecule has 2 fully saturated rings. The van der Waals surface area contributed by atoms with Gasteiger partial charge in [-0.05, 0) is 44.7 Å². The standard InChI is InChI=1S/C9H18N2.ClH/c10-9-3-5-11(6-4-9)7-8-1-2-8;/h8-9H,1-7,10H2;1H. The molecule has 12 heavy (non-hydrogen) atoms. The van der Waals surface area contributed by atoms with Crippen molar-refractivity contribution in [1.29, 1.82) is 0 Å². The van der Waals surface area contributed by atoms with E-state index in [1.54, 1.807) is 0 Å². The van der Waals surface area contributed by atoms with Crippen LogP contribution in [-0.2, 0) is 0 Å². The summed E-state index contributed by atoms with van der Waals surface area (Å²) in [5, 5.41) is 0. The molecular weight excluding hydrogens is 172 g/mol. The zero-order chi connectivity index (χ0) is 7.68. The van der Waals surface area contributed by atoms with Crippen LogP contribution in [0.2, 0.25) is 0 Å². The molecule has 1 saturated carbocycles. The second kappa shape index (κ2) is 4.45. The fraction of sp³-hybridized carbons (Fsp3) is 1.00. The maximum atomic E-state index is 5.82. The number of halogens is 1. The summed E-state index contributed by atoms with van der Waals surface area (Å²) in [6.45, 7) is 3.85. The molecule has 2 N–H and O–H groups in total. The molecule has 0 aromatic heterocycles. The Hall–Kier alpha value is 0.210. The maximum absolute atomic E-state index is 5.82. The van der Waals surface area contributed by atoms with E-state index < -0.39 is 0 Å². The van der Waals surface area contributed by atoms with E-state index in [-0.39, 0.29) is 12.4 Å². The summed E-state index contributed by atoms with van der Waals surface area (Å²) in [6, 6.07) is 0.491. The molecule has 0 amide bonds. The Labute approximate surface area is 80.9 Å². The number of hydrogen-bond acceptors (Lipinski definition) is 2. The molecule has 72 valence electrons. The van der Waals surface area contributed by atoms with Crippen LogP contribution in [0.15, 0.2) is 0 Å². The van der Waals surface area contributed by atoms with Gasteiger partial charge < -0.3 is 10.6 Å². The first-order valence-corrected chi connectivity index (χ1v) is 4.82. The fourth-order valence-electron chi connectivity index (χ4n) is 1.80. The molecule has 2 rings (SSSR count). The summed E-state index contributed by atoms with van der Waals surface area (Å²) >= 11 is 0. The van der Waals surface area contributed by atoms with Crippen LogP contribution in [0.25, 0.3) is 0 Å². The Morgan fingerprint density at radius 3 is 2.17 bits per heavy atom. The predicted molar refractivity (Wildman–Crippen MR) is 53.6 cm³/mol. The molecule has 1 heterocycles. The number of rotatable bonds is 2. The van der Waals surface area contributed by atoms with Crippen molar-refractivity contribution in [3.8, 4) is 0 Å². The molecule has 2 aliphatic rings. The lowest BCUT2D eigenvalue weighted by Crippen LogP contribution is -2.40. The van der Waals surface area contributed by atoms with Crippen LogP contribution in [0.5, 0.6) is 0 Å². The van der Waals surface area contributed by atoms with Crippen molar-refractivity contribution in [1.82, 2.24) is 4.90 Å². The Morgan fingerprint density at radius 2 is 1.67 bits per heavy atom. The Bertz CT molecular complexity index is 128. The number of nitrogens with zero attached hydrogens (tertiary/aromatic N) is 1. The van der Waals surface area contributed by atoms with E-state index in [0.717, 1.165) is 5.92 Å². The minimum Gasteiger partial charge on any atom is -0.328 e. The first-order valence-electron chi connectivity index (χ1n) is 4.82. The van der Waals surface area contributed by atoms with Gasteiger partial charge in [0.2, 0.25) is 0 Å². The zero-order valence-electron chi connectivity index (χ0n) is 7.54. The van der Waals surface area contributed by atoms with Crippen LogP contribution in [0.3, 0.4) is 0 Å². The van der Waals surface area contributed by atoms with Gasteiger partial charge in [-0.2, -0.15) is 0 Å². The average Bonchev–Trinajstić information content (AvgIpc) is 2.78. The number of piperidine rings is 1. The van der Waals surface area contributed by atoms with Crippen molar-refractivity contribution >= 4 is 12.4 Å². The fourth-order valence-corrected chi connectivity index (χ4v) is 1.80. The Kier molecular flexibility index (Phi) is 3.81. The lowest BCUT2D eigenvalue weighted by molar-refractivity contribution is 0.205. The SMILES string of the molecule is Cl.NC1CCN(CC2CC2)CC1. The van der Waals surface area contributed by atoms with Gasteiger partial charge in [0.05, 0.1) is 0 Å². The van der Waals surface area contributed by atoms with Gasteiger partial charge in [-0.1, -0.05) is 0 Å². The van der Waals surface area contributed by atoms with E-state index in [1.165, 1.54) is 45.3 Å². The number of nitrogens with two attached hydrogens (primary N) is 1. The Morgan fingerprint density at radius 1 is 1.08 bits per heavy atom. The molecule has 3 heteroatoms. The second-order valence-corrected chi connectivity index (χ2v) is 4.08. The maximum Gasteiger partial charge on any atom is 0.00631 e. The third-order valence-electron chi connectivity index (χ3n) is 2.85. The van der Waals surface area contributed by atoms with Gasteiger partial charge >= 0.3 is 0 Å². The quantitative estimate of drug-likeness (QED) is 0.710. The van der Waals surface area contributed by atoms with Crippen molar-refractivity contribution in [3.63, 3.8) is 0 Å². The van der Waals surface area contributed by atoms with Crippen LogP contribution in [0.4, 0.5) is 0 Å². The summed E-state index contributed by atoms with van der Waals surface area (Å²) in [6.07, 6.45) is 5.38. The highest BCUT2D eigenvalue weighted by atomic mass is 35.5. The van der Waals surface area contributed by atoms with E-state index in [1.807, 2.05) is 0 Å². The van der Waals surface area contributed by atoms with Crippen molar-refractivity contribution in [2.24, 2.45) is 11.7 Å². The van der Waals surface area contributed by atoms with E-state index in [4.69, 9.17) is 5.73 Å². The van der Waals surface area contributed by atoms with E-state index in [9.17, 15) is 0 Å². The van der Waals surface area contributed by atoms with E-state index in [2.05, 4.69) is 4.90 Å². The highest BCUT2D eigenvalue weighted by Crippen LogP contribution is 2.30. The normalized spacial score (nSPS) is 26.8. The van der Waals surface area contributed by atoms with Crippen LogP contribution >= 0.6 is 12.4 Å². The highest BCUT2D eigenvalue weighted by molar-refractivity contribution is 5.85. The first-order chi connectivity index (χ1) is 5.34. The molecule has 0 bridgehead atoms. The van der Waals surface area contributed by atoms with Gasteiger partial charge in [0.1, 0.15) is 0 Å². The molecule has 1 aliphatic carbocycles. The smallest absolute Gasteiger partial charge is 0.00631 e. The summed E-state index contributed by atoms with van der Waals surface area (Å²) < 4.78 is 0. The lowest BCUT2D eigenvalue weighted by Gasteiger charge is -2.29. The summed E-state index contributed by atoms with van der Waals surface area (Å²) in [5.74, 6) is 1.05. The van der Waals surface area contributed by atoms with E-state index >= 15 is 0 Å². The molecule has 0 aromatic carbocycles. The van der Waals surface area contributed by atoms with Crippen molar-refractivity contribution in [3.05, 3.63) is 0 Å². The van der Waals surface area contributed by atoms with Crippen LogP contribution < -0.4 is 5.73 Å². The lowest BCUT2D eigenvalue weighted by atomic mass is 10.1. The van der Waals surface area contributed by atoms with E-state index in [0.29, 0.717) is 6.04 Å². The molecule has 0 unspecified atom stereocenters. The number of hydrogen-bond donors (Lipinski definition) is 1. The van der Waals surface area contributed by atoms with Crippen molar-refractivity contribution < 1.29 is 0 Å². The molecule has 0 spiro atoms. The largest absolute Gasteiger partial charge is 0.328 e. The molecule has 0 aromatic rings. The zero-order valence-corrected chi connectivity index (χ0v) is 8.35. The average molecular weight is 191 g/mol. The number of likely N-dealkylation sites (tertiary alicyclic amines) is 1. The van der Waals surface area contributed by atoms with Crippen molar-refractivity contribution in [2.75, 3.05) is 19.6 Å². The van der Waals surface area contributed by atoms with Crippen LogP contribution in [0.1, 0.15) is 25.7 Å². The minimum absolute atomic E-state index is 0. The third-order valence-corrected chi connectivity index (χ3v) is 2.85.